The summed E-state index contributed by atoms with van der Waals surface area (Å²) in [6.07, 6.45) is 1.37. The van der Waals surface area contributed by atoms with Crippen LogP contribution in [-0.2, 0) is 6.61 Å². The van der Waals surface area contributed by atoms with Gasteiger partial charge in [-0.25, -0.2) is 9.97 Å². The highest BCUT2D eigenvalue weighted by Gasteiger charge is 1.99. The third-order valence-corrected chi connectivity index (χ3v) is 2.36. The lowest BCUT2D eigenvalue weighted by molar-refractivity contribution is 0.293. The summed E-state index contributed by atoms with van der Waals surface area (Å²) in [6.45, 7) is 0.428. The van der Waals surface area contributed by atoms with Crippen LogP contribution in [0, 0.1) is 0 Å². The highest BCUT2D eigenvalue weighted by molar-refractivity contribution is 6.29. The molecule has 5 heteroatoms. The van der Waals surface area contributed by atoms with Crippen LogP contribution >= 0.6 is 11.6 Å². The van der Waals surface area contributed by atoms with Crippen molar-refractivity contribution in [1.82, 2.24) is 9.97 Å². The van der Waals surface area contributed by atoms with Crippen LogP contribution in [0.15, 0.2) is 36.7 Å². The van der Waals surface area contributed by atoms with E-state index in [4.69, 9.17) is 21.1 Å². The Morgan fingerprint density at radius 2 is 1.94 bits per heavy atom. The van der Waals surface area contributed by atoms with Gasteiger partial charge in [0.25, 0.3) is 0 Å². The molecule has 4 nitrogen and oxygen atoms in total. The fourth-order valence-electron chi connectivity index (χ4n) is 1.28. The summed E-state index contributed by atoms with van der Waals surface area (Å²) in [5, 5.41) is 0.365. The Morgan fingerprint density at radius 1 is 1.18 bits per heavy atom. The Kier molecular flexibility index (Phi) is 3.77. The molecule has 1 aromatic carbocycles. The molecule has 0 bridgehead atoms. The Bertz CT molecular complexity index is 488. The van der Waals surface area contributed by atoms with E-state index >= 15 is 0 Å². The second-order valence-corrected chi connectivity index (χ2v) is 3.70. The molecule has 0 saturated carbocycles. The number of halogens is 1. The third-order valence-electron chi connectivity index (χ3n) is 2.15. The summed E-state index contributed by atoms with van der Waals surface area (Å²) in [5.41, 5.74) is 1.03. The fourth-order valence-corrected chi connectivity index (χ4v) is 1.41. The highest BCUT2D eigenvalue weighted by Crippen LogP contribution is 2.15. The quantitative estimate of drug-likeness (QED) is 0.783. The van der Waals surface area contributed by atoms with Crippen molar-refractivity contribution in [2.45, 2.75) is 6.61 Å². The molecule has 88 valence electrons. The highest BCUT2D eigenvalue weighted by atomic mass is 35.5. The summed E-state index contributed by atoms with van der Waals surface area (Å²) in [4.78, 5) is 7.72. The van der Waals surface area contributed by atoms with E-state index in [0.29, 0.717) is 17.6 Å². The van der Waals surface area contributed by atoms with Gasteiger partial charge in [0.1, 0.15) is 23.8 Å². The van der Waals surface area contributed by atoms with Crippen molar-refractivity contribution in [1.29, 1.82) is 0 Å². The molecule has 1 aromatic heterocycles. The smallest absolute Gasteiger partial charge is 0.218 e. The van der Waals surface area contributed by atoms with Crippen molar-refractivity contribution in [3.8, 4) is 11.6 Å². The summed E-state index contributed by atoms with van der Waals surface area (Å²) in [7, 11) is 1.63. The summed E-state index contributed by atoms with van der Waals surface area (Å²) in [6, 6.07) is 9.20. The molecule has 0 radical (unpaired) electrons. The number of benzene rings is 1. The topological polar surface area (TPSA) is 44.2 Å². The molecule has 0 N–H and O–H groups in total. The number of rotatable bonds is 4. The van der Waals surface area contributed by atoms with Crippen molar-refractivity contribution in [3.05, 3.63) is 47.4 Å². The number of nitrogens with zero attached hydrogens (tertiary/aromatic N) is 2. The molecule has 0 aliphatic rings. The van der Waals surface area contributed by atoms with Crippen LogP contribution in [0.4, 0.5) is 0 Å². The molecule has 0 aliphatic carbocycles. The van der Waals surface area contributed by atoms with Gasteiger partial charge in [-0.15, -0.1) is 0 Å². The number of ether oxygens (including phenoxy) is 2. The number of methoxy groups -OCH3 is 1. The minimum Gasteiger partial charge on any atom is -0.497 e. The van der Waals surface area contributed by atoms with Crippen LogP contribution in [0.3, 0.4) is 0 Å². The minimum atomic E-state index is 0.365. The van der Waals surface area contributed by atoms with E-state index in [2.05, 4.69) is 9.97 Å². The molecular weight excluding hydrogens is 240 g/mol. The lowest BCUT2D eigenvalue weighted by Gasteiger charge is -2.05. The van der Waals surface area contributed by atoms with E-state index < -0.39 is 0 Å². The Labute approximate surface area is 104 Å². The zero-order valence-electron chi connectivity index (χ0n) is 9.26. The monoisotopic (exact) mass is 250 g/mol. The molecular formula is C12H11ClN2O2. The predicted molar refractivity (Wildman–Crippen MR) is 64.4 cm³/mol. The van der Waals surface area contributed by atoms with Gasteiger partial charge in [-0.3, -0.25) is 0 Å². The van der Waals surface area contributed by atoms with Crippen LogP contribution in [0.25, 0.3) is 0 Å². The lowest BCUT2D eigenvalue weighted by atomic mass is 10.2. The molecule has 0 atom stereocenters. The second-order valence-electron chi connectivity index (χ2n) is 3.32. The van der Waals surface area contributed by atoms with E-state index in [0.717, 1.165) is 11.3 Å². The molecule has 0 unspecified atom stereocenters. The first-order chi connectivity index (χ1) is 8.28. The van der Waals surface area contributed by atoms with Gasteiger partial charge in [0.15, 0.2) is 0 Å². The molecule has 1 heterocycles. The zero-order chi connectivity index (χ0) is 12.1. The molecule has 2 aromatic rings. The summed E-state index contributed by atoms with van der Waals surface area (Å²) >= 11 is 5.72. The molecule has 0 amide bonds. The van der Waals surface area contributed by atoms with Crippen molar-refractivity contribution in [3.63, 3.8) is 0 Å². The average molecular weight is 251 g/mol. The van der Waals surface area contributed by atoms with Crippen LogP contribution in [0.5, 0.6) is 11.6 Å². The maximum Gasteiger partial charge on any atom is 0.218 e. The second kappa shape index (κ2) is 5.50. The van der Waals surface area contributed by atoms with Gasteiger partial charge < -0.3 is 9.47 Å². The van der Waals surface area contributed by atoms with E-state index in [9.17, 15) is 0 Å². The number of hydrogen-bond donors (Lipinski definition) is 0. The molecule has 2 rings (SSSR count). The molecule has 0 saturated heterocycles. The summed E-state index contributed by atoms with van der Waals surface area (Å²) in [5.74, 6) is 1.28. The Balaban J connectivity index is 1.97. The van der Waals surface area contributed by atoms with E-state index in [1.807, 2.05) is 24.3 Å². The normalized spacial score (nSPS) is 10.0. The van der Waals surface area contributed by atoms with Crippen molar-refractivity contribution >= 4 is 11.6 Å². The van der Waals surface area contributed by atoms with Gasteiger partial charge in [-0.05, 0) is 17.7 Å². The predicted octanol–water partition coefficient (Wildman–Crippen LogP) is 2.72. The van der Waals surface area contributed by atoms with E-state index in [-0.39, 0.29) is 0 Å². The first-order valence-electron chi connectivity index (χ1n) is 5.01. The van der Waals surface area contributed by atoms with Gasteiger partial charge in [0, 0.05) is 6.07 Å². The van der Waals surface area contributed by atoms with E-state index in [1.165, 1.54) is 6.33 Å². The lowest BCUT2D eigenvalue weighted by Crippen LogP contribution is -1.97. The maximum absolute atomic E-state index is 5.72. The molecule has 17 heavy (non-hydrogen) atoms. The van der Waals surface area contributed by atoms with Gasteiger partial charge in [-0.1, -0.05) is 23.7 Å². The van der Waals surface area contributed by atoms with Crippen molar-refractivity contribution in [2.75, 3.05) is 7.11 Å². The van der Waals surface area contributed by atoms with E-state index in [1.54, 1.807) is 13.2 Å². The van der Waals surface area contributed by atoms with Gasteiger partial charge in [0.05, 0.1) is 7.11 Å². The average Bonchev–Trinajstić information content (AvgIpc) is 2.37. The summed E-state index contributed by atoms with van der Waals surface area (Å²) < 4.78 is 10.5. The van der Waals surface area contributed by atoms with Crippen LogP contribution < -0.4 is 9.47 Å². The van der Waals surface area contributed by atoms with Crippen LogP contribution in [0.1, 0.15) is 5.56 Å². The molecule has 0 aliphatic heterocycles. The van der Waals surface area contributed by atoms with Gasteiger partial charge in [0.2, 0.25) is 5.88 Å². The standard InChI is InChI=1S/C12H11ClN2O2/c1-16-10-4-2-9(3-5-10)7-17-12-6-11(13)14-8-15-12/h2-6,8H,7H2,1H3. The molecule has 0 spiro atoms. The fraction of sp³-hybridized carbons (Fsp3) is 0.167. The van der Waals surface area contributed by atoms with Gasteiger partial charge >= 0.3 is 0 Å². The van der Waals surface area contributed by atoms with Gasteiger partial charge in [-0.2, -0.15) is 0 Å². The minimum absolute atomic E-state index is 0.365. The largest absolute Gasteiger partial charge is 0.497 e. The van der Waals surface area contributed by atoms with Crippen molar-refractivity contribution < 1.29 is 9.47 Å². The SMILES string of the molecule is COc1ccc(COc2cc(Cl)ncn2)cc1. The molecule has 0 fully saturated rings. The zero-order valence-corrected chi connectivity index (χ0v) is 10.0. The first kappa shape index (κ1) is 11.7. The number of aromatic nitrogens is 2. The maximum atomic E-state index is 5.72. The number of hydrogen-bond acceptors (Lipinski definition) is 4. The van der Waals surface area contributed by atoms with Crippen LogP contribution in [0.2, 0.25) is 5.15 Å². The van der Waals surface area contributed by atoms with Crippen molar-refractivity contribution in [2.24, 2.45) is 0 Å². The third kappa shape index (κ3) is 3.32. The Morgan fingerprint density at radius 3 is 2.59 bits per heavy atom. The first-order valence-corrected chi connectivity index (χ1v) is 5.39. The van der Waals surface area contributed by atoms with Crippen LogP contribution in [-0.4, -0.2) is 17.1 Å². The Hall–Kier alpha value is -1.81.